The van der Waals surface area contributed by atoms with Crippen molar-refractivity contribution in [2.45, 2.75) is 42.3 Å². The number of benzene rings is 2. The molecule has 9 nitrogen and oxygen atoms in total. The van der Waals surface area contributed by atoms with Crippen molar-refractivity contribution < 1.29 is 41.7 Å². The van der Waals surface area contributed by atoms with E-state index in [1.165, 1.54) is 12.1 Å². The van der Waals surface area contributed by atoms with Crippen LogP contribution in [-0.4, -0.2) is 55.9 Å². The summed E-state index contributed by atoms with van der Waals surface area (Å²) in [4.78, 5) is 24.0. The van der Waals surface area contributed by atoms with Gasteiger partial charge >= 0.3 is 12.1 Å². The van der Waals surface area contributed by atoms with Gasteiger partial charge in [-0.1, -0.05) is 48.0 Å². The molecule has 0 aromatic heterocycles. The zero-order valence-corrected chi connectivity index (χ0v) is 21.1. The van der Waals surface area contributed by atoms with Gasteiger partial charge in [0, 0.05) is 18.0 Å². The van der Waals surface area contributed by atoms with Gasteiger partial charge in [0.05, 0.1) is 23.2 Å². The molecule has 0 saturated carbocycles. The second-order valence-electron chi connectivity index (χ2n) is 8.78. The third kappa shape index (κ3) is 6.67. The van der Waals surface area contributed by atoms with Gasteiger partial charge in [0.1, 0.15) is 18.5 Å². The molecule has 3 atom stereocenters. The number of carboxylic acids is 1. The normalized spacial score (nSPS) is 23.5. The lowest BCUT2D eigenvalue weighted by molar-refractivity contribution is -0.143. The summed E-state index contributed by atoms with van der Waals surface area (Å²) >= 11 is 5.98. The fraction of sp³-hybridized carbons (Fsp3) is 0.360. The first-order valence-electron chi connectivity index (χ1n) is 11.4. The Balaban J connectivity index is 1.38. The van der Waals surface area contributed by atoms with Crippen LogP contribution >= 0.6 is 11.6 Å². The molecule has 12 heteroatoms. The largest absolute Gasteiger partial charge is 0.478 e. The van der Waals surface area contributed by atoms with Crippen LogP contribution in [0.15, 0.2) is 60.2 Å². The van der Waals surface area contributed by atoms with Gasteiger partial charge in [0.2, 0.25) is 0 Å². The number of carbonyl (C=O) groups is 2. The predicted octanol–water partition coefficient (Wildman–Crippen LogP) is 3.61. The van der Waals surface area contributed by atoms with E-state index in [1.54, 1.807) is 0 Å². The second kappa shape index (κ2) is 11.2. The van der Waals surface area contributed by atoms with Crippen molar-refractivity contribution >= 4 is 33.5 Å². The van der Waals surface area contributed by atoms with E-state index in [4.69, 9.17) is 25.8 Å². The molecule has 37 heavy (non-hydrogen) atoms. The number of alkyl carbamates (subject to hydrolysis) is 1. The molecule has 0 radical (unpaired) electrons. The average molecular weight is 554 g/mol. The fourth-order valence-corrected chi connectivity index (χ4v) is 6.51. The van der Waals surface area contributed by atoms with Gasteiger partial charge in [0.15, 0.2) is 15.6 Å². The van der Waals surface area contributed by atoms with Gasteiger partial charge in [-0.2, -0.15) is 0 Å². The van der Waals surface area contributed by atoms with Gasteiger partial charge in [-0.05, 0) is 35.8 Å². The van der Waals surface area contributed by atoms with Crippen molar-refractivity contribution in [1.29, 1.82) is 0 Å². The van der Waals surface area contributed by atoms with E-state index in [0.29, 0.717) is 0 Å². The molecule has 2 aromatic rings. The molecule has 1 aliphatic carbocycles. The second-order valence-corrected chi connectivity index (χ2v) is 11.4. The van der Waals surface area contributed by atoms with Crippen molar-refractivity contribution in [3.05, 3.63) is 82.1 Å². The summed E-state index contributed by atoms with van der Waals surface area (Å²) in [6.07, 6.45) is -0.0505. The van der Waals surface area contributed by atoms with Crippen LogP contribution in [0, 0.1) is 5.82 Å². The van der Waals surface area contributed by atoms with Crippen molar-refractivity contribution in [3.8, 4) is 0 Å². The predicted molar refractivity (Wildman–Crippen MR) is 131 cm³/mol. The Morgan fingerprint density at radius 1 is 1.22 bits per heavy atom. The Morgan fingerprint density at radius 2 is 1.97 bits per heavy atom. The summed E-state index contributed by atoms with van der Waals surface area (Å²) in [5.74, 6) is -4.00. The number of nitrogens with one attached hydrogen (secondary N) is 1. The molecule has 2 N–H and O–H groups in total. The number of sulfone groups is 1. The smallest absolute Gasteiger partial charge is 0.407 e. The molecule has 1 spiro atoms. The summed E-state index contributed by atoms with van der Waals surface area (Å²) in [7, 11) is -4.02. The summed E-state index contributed by atoms with van der Waals surface area (Å²) in [5, 5.41) is 11.0. The number of rotatable bonds is 8. The zero-order valence-electron chi connectivity index (χ0n) is 19.6. The van der Waals surface area contributed by atoms with Crippen LogP contribution in [0.3, 0.4) is 0 Å². The fourth-order valence-electron chi connectivity index (χ4n) is 4.28. The molecule has 1 heterocycles. The van der Waals surface area contributed by atoms with Crippen molar-refractivity contribution in [3.63, 3.8) is 0 Å². The molecule has 4 rings (SSSR count). The van der Waals surface area contributed by atoms with E-state index in [9.17, 15) is 27.5 Å². The standard InChI is InChI=1S/C25H25ClFNO8S/c26-21-10-18(27)7-6-17(21)15-37(32,33)22-8-9-25(11-20(22)23(29)30)35-14-19(36-25)12-28-24(31)34-13-16-4-2-1-3-5-16/h1-7,10-11,19,22H,8-9,12-15H2,(H,28,31)(H,29,30)/t19-,22?,25?/m0/s1. The minimum Gasteiger partial charge on any atom is -0.478 e. The number of ether oxygens (including phenoxy) is 3. The summed E-state index contributed by atoms with van der Waals surface area (Å²) in [6.45, 7) is 0.212. The van der Waals surface area contributed by atoms with Gasteiger partial charge in [0.25, 0.3) is 0 Å². The highest BCUT2D eigenvalue weighted by molar-refractivity contribution is 7.91. The molecule has 2 aromatic carbocycles. The van der Waals surface area contributed by atoms with Gasteiger partial charge in [-0.3, -0.25) is 0 Å². The minimum absolute atomic E-state index is 0.0520. The highest BCUT2D eigenvalue weighted by atomic mass is 35.5. The van der Waals surface area contributed by atoms with E-state index in [0.717, 1.165) is 17.7 Å². The minimum atomic E-state index is -4.02. The molecule has 2 unspecified atom stereocenters. The van der Waals surface area contributed by atoms with Crippen molar-refractivity contribution in [1.82, 2.24) is 5.32 Å². The van der Waals surface area contributed by atoms with E-state index >= 15 is 0 Å². The number of halogens is 2. The maximum absolute atomic E-state index is 13.3. The molecule has 1 saturated heterocycles. The van der Waals surface area contributed by atoms with E-state index in [1.807, 2.05) is 30.3 Å². The van der Waals surface area contributed by atoms with E-state index in [2.05, 4.69) is 5.32 Å². The number of carbonyl (C=O) groups excluding carboxylic acids is 1. The summed E-state index contributed by atoms with van der Waals surface area (Å²) in [6, 6.07) is 12.5. The molecule has 1 fully saturated rings. The molecular weight excluding hydrogens is 529 g/mol. The van der Waals surface area contributed by atoms with Gasteiger partial charge in [-0.25, -0.2) is 22.4 Å². The molecule has 1 aliphatic heterocycles. The van der Waals surface area contributed by atoms with Crippen molar-refractivity contribution in [2.24, 2.45) is 0 Å². The SMILES string of the molecule is O=C(NC[C@H]1COC2(C=C(C(=O)O)C(S(=O)(=O)Cc3ccc(F)cc3Cl)CC2)O1)OCc1ccccc1. The number of aliphatic carboxylic acids is 1. The Kier molecular flexibility index (Phi) is 8.17. The maximum atomic E-state index is 13.3. The third-order valence-electron chi connectivity index (χ3n) is 6.10. The van der Waals surface area contributed by atoms with E-state index in [-0.39, 0.29) is 48.8 Å². The van der Waals surface area contributed by atoms with Gasteiger partial charge in [-0.15, -0.1) is 0 Å². The number of hydrogen-bond acceptors (Lipinski definition) is 7. The number of carboxylic acid groups (broad SMARTS) is 1. The van der Waals surface area contributed by atoms with Crippen LogP contribution in [0.2, 0.25) is 5.02 Å². The third-order valence-corrected chi connectivity index (χ3v) is 8.52. The first-order valence-corrected chi connectivity index (χ1v) is 13.5. The quantitative estimate of drug-likeness (QED) is 0.507. The van der Waals surface area contributed by atoms with Crippen LogP contribution in [-0.2, 0) is 41.2 Å². The van der Waals surface area contributed by atoms with Crippen LogP contribution in [0.4, 0.5) is 9.18 Å². The van der Waals surface area contributed by atoms with Crippen LogP contribution < -0.4 is 5.32 Å². The Bertz CT molecular complexity index is 1300. The summed E-state index contributed by atoms with van der Waals surface area (Å²) < 4.78 is 56.4. The van der Waals surface area contributed by atoms with Crippen molar-refractivity contribution in [2.75, 3.05) is 13.2 Å². The van der Waals surface area contributed by atoms with Crippen LogP contribution in [0.5, 0.6) is 0 Å². The monoisotopic (exact) mass is 553 g/mol. The van der Waals surface area contributed by atoms with Crippen LogP contribution in [0.1, 0.15) is 24.0 Å². The highest BCUT2D eigenvalue weighted by Crippen LogP contribution is 2.39. The lowest BCUT2D eigenvalue weighted by Crippen LogP contribution is -2.41. The lowest BCUT2D eigenvalue weighted by Gasteiger charge is -2.33. The molecule has 2 aliphatic rings. The molecule has 1 amide bonds. The molecular formula is C25H25ClFNO8S. The van der Waals surface area contributed by atoms with Crippen LogP contribution in [0.25, 0.3) is 0 Å². The Labute approximate surface area is 218 Å². The molecule has 0 bridgehead atoms. The van der Waals surface area contributed by atoms with Gasteiger partial charge < -0.3 is 24.6 Å². The average Bonchev–Trinajstić information content (AvgIpc) is 3.25. The Morgan fingerprint density at radius 3 is 2.68 bits per heavy atom. The molecule has 198 valence electrons. The first kappa shape index (κ1) is 27.1. The van der Waals surface area contributed by atoms with E-state index < -0.39 is 50.6 Å². The first-order chi connectivity index (χ1) is 17.6. The topological polar surface area (TPSA) is 128 Å². The highest BCUT2D eigenvalue weighted by Gasteiger charge is 2.48. The number of hydrogen-bond donors (Lipinski definition) is 2. The Hall–Kier alpha value is -2.99. The summed E-state index contributed by atoms with van der Waals surface area (Å²) in [5.41, 5.74) is 0.629. The number of amides is 1. The maximum Gasteiger partial charge on any atom is 0.407 e. The zero-order chi connectivity index (χ0) is 26.6. The lowest BCUT2D eigenvalue weighted by atomic mass is 9.94.